The average Bonchev–Trinajstić information content (AvgIpc) is 2.83. The van der Waals surface area contributed by atoms with Crippen LogP contribution in [0, 0.1) is 0 Å². The quantitative estimate of drug-likeness (QED) is 0.738. The van der Waals surface area contributed by atoms with Crippen molar-refractivity contribution in [2.24, 2.45) is 0 Å². The zero-order valence-electron chi connectivity index (χ0n) is 7.16. The first kappa shape index (κ1) is 8.74. The van der Waals surface area contributed by atoms with Gasteiger partial charge in [0, 0.05) is 6.20 Å². The van der Waals surface area contributed by atoms with Gasteiger partial charge >= 0.3 is 5.97 Å². The molecule has 0 N–H and O–H groups in total. The molecule has 0 radical (unpaired) electrons. The summed E-state index contributed by atoms with van der Waals surface area (Å²) in [6, 6.07) is 1.81. The molecule has 0 aliphatic heterocycles. The van der Waals surface area contributed by atoms with Crippen molar-refractivity contribution in [2.75, 3.05) is 7.11 Å². The van der Waals surface area contributed by atoms with Gasteiger partial charge in [0.1, 0.15) is 4.60 Å². The fraction of sp³-hybridized carbons (Fsp3) is 0.500. The third-order valence-electron chi connectivity index (χ3n) is 2.28. The van der Waals surface area contributed by atoms with Gasteiger partial charge in [-0.3, -0.25) is 4.68 Å². The van der Waals surface area contributed by atoms with Crippen molar-refractivity contribution in [3.05, 3.63) is 16.9 Å². The summed E-state index contributed by atoms with van der Waals surface area (Å²) < 4.78 is 7.13. The number of nitrogens with zero attached hydrogens (tertiary/aromatic N) is 2. The highest BCUT2D eigenvalue weighted by Gasteiger charge is 2.53. The summed E-state index contributed by atoms with van der Waals surface area (Å²) in [5, 5.41) is 4.15. The standard InChI is InChI=1S/C8H9BrN2O2/c1-13-7(12)8(3-4-8)11-5-2-6(9)10-11/h2,5H,3-4H2,1H3. The smallest absolute Gasteiger partial charge is 0.333 e. The summed E-state index contributed by atoms with van der Waals surface area (Å²) in [7, 11) is 1.40. The number of carbonyl (C=O) groups excluding carboxylic acids is 1. The van der Waals surface area contributed by atoms with Gasteiger partial charge in [0.2, 0.25) is 0 Å². The van der Waals surface area contributed by atoms with E-state index in [1.54, 1.807) is 10.9 Å². The van der Waals surface area contributed by atoms with Gasteiger partial charge in [-0.1, -0.05) is 0 Å². The van der Waals surface area contributed by atoms with E-state index in [4.69, 9.17) is 4.74 Å². The number of hydrogen-bond donors (Lipinski definition) is 0. The van der Waals surface area contributed by atoms with Gasteiger partial charge in [0.15, 0.2) is 5.54 Å². The predicted molar refractivity (Wildman–Crippen MR) is 49.2 cm³/mol. The van der Waals surface area contributed by atoms with Gasteiger partial charge < -0.3 is 4.74 Å². The molecule has 0 aromatic carbocycles. The molecule has 0 saturated heterocycles. The lowest BCUT2D eigenvalue weighted by molar-refractivity contribution is -0.146. The molecule has 13 heavy (non-hydrogen) atoms. The molecule has 1 saturated carbocycles. The number of esters is 1. The molecule has 0 spiro atoms. The minimum absolute atomic E-state index is 0.205. The number of hydrogen-bond acceptors (Lipinski definition) is 3. The minimum Gasteiger partial charge on any atom is -0.467 e. The Morgan fingerprint density at radius 1 is 1.77 bits per heavy atom. The molecule has 0 amide bonds. The molecule has 1 fully saturated rings. The Morgan fingerprint density at radius 3 is 2.85 bits per heavy atom. The number of rotatable bonds is 2. The second-order valence-corrected chi connectivity index (χ2v) is 3.92. The molecule has 0 bridgehead atoms. The van der Waals surface area contributed by atoms with Crippen molar-refractivity contribution >= 4 is 21.9 Å². The van der Waals surface area contributed by atoms with E-state index in [0.29, 0.717) is 0 Å². The molecule has 1 aliphatic carbocycles. The first-order valence-corrected chi connectivity index (χ1v) is 4.78. The molecule has 2 rings (SSSR count). The molecule has 1 heterocycles. The average molecular weight is 245 g/mol. The van der Waals surface area contributed by atoms with E-state index >= 15 is 0 Å². The lowest BCUT2D eigenvalue weighted by atomic mass is 10.3. The first-order chi connectivity index (χ1) is 6.19. The van der Waals surface area contributed by atoms with Crippen molar-refractivity contribution in [3.63, 3.8) is 0 Å². The van der Waals surface area contributed by atoms with Crippen LogP contribution in [0.5, 0.6) is 0 Å². The molecule has 5 heteroatoms. The Kier molecular flexibility index (Phi) is 1.91. The number of ether oxygens (including phenoxy) is 1. The van der Waals surface area contributed by atoms with Crippen LogP contribution in [-0.4, -0.2) is 22.9 Å². The molecule has 0 unspecified atom stereocenters. The van der Waals surface area contributed by atoms with Crippen LogP contribution in [0.2, 0.25) is 0 Å². The van der Waals surface area contributed by atoms with Crippen LogP contribution in [0.15, 0.2) is 16.9 Å². The van der Waals surface area contributed by atoms with Crippen molar-refractivity contribution in [3.8, 4) is 0 Å². The second-order valence-electron chi connectivity index (χ2n) is 3.11. The van der Waals surface area contributed by atoms with E-state index in [0.717, 1.165) is 17.4 Å². The molecule has 1 aromatic heterocycles. The summed E-state index contributed by atoms with van der Waals surface area (Å²) in [6.45, 7) is 0. The normalized spacial score (nSPS) is 18.3. The summed E-state index contributed by atoms with van der Waals surface area (Å²) in [5.41, 5.74) is -0.513. The third-order valence-corrected chi connectivity index (χ3v) is 2.71. The van der Waals surface area contributed by atoms with E-state index in [1.807, 2.05) is 6.07 Å². The Labute approximate surface area is 84.0 Å². The first-order valence-electron chi connectivity index (χ1n) is 3.99. The van der Waals surface area contributed by atoms with Crippen LogP contribution < -0.4 is 0 Å². The molecule has 1 aromatic rings. The van der Waals surface area contributed by atoms with E-state index in [2.05, 4.69) is 21.0 Å². The van der Waals surface area contributed by atoms with Gasteiger partial charge in [0.25, 0.3) is 0 Å². The molecule has 70 valence electrons. The maximum atomic E-state index is 11.4. The Morgan fingerprint density at radius 2 is 2.46 bits per heavy atom. The summed E-state index contributed by atoms with van der Waals surface area (Å²) in [5.74, 6) is -0.205. The number of halogens is 1. The highest BCUT2D eigenvalue weighted by Crippen LogP contribution is 2.44. The topological polar surface area (TPSA) is 44.1 Å². The van der Waals surface area contributed by atoms with Crippen molar-refractivity contribution < 1.29 is 9.53 Å². The number of aromatic nitrogens is 2. The highest BCUT2D eigenvalue weighted by atomic mass is 79.9. The number of carbonyl (C=O) groups is 1. The van der Waals surface area contributed by atoms with Gasteiger partial charge in [-0.05, 0) is 34.8 Å². The van der Waals surface area contributed by atoms with E-state index in [9.17, 15) is 4.79 Å². The van der Waals surface area contributed by atoms with Gasteiger partial charge in [-0.15, -0.1) is 0 Å². The van der Waals surface area contributed by atoms with E-state index in [1.165, 1.54) is 7.11 Å². The summed E-state index contributed by atoms with van der Waals surface area (Å²) >= 11 is 3.24. The Hall–Kier alpha value is -0.840. The van der Waals surface area contributed by atoms with Crippen molar-refractivity contribution in [1.82, 2.24) is 9.78 Å². The minimum atomic E-state index is -0.513. The largest absolute Gasteiger partial charge is 0.467 e. The van der Waals surface area contributed by atoms with Crippen LogP contribution in [0.25, 0.3) is 0 Å². The maximum absolute atomic E-state index is 11.4. The van der Waals surface area contributed by atoms with Crippen LogP contribution in [0.3, 0.4) is 0 Å². The van der Waals surface area contributed by atoms with E-state index in [-0.39, 0.29) is 5.97 Å². The highest BCUT2D eigenvalue weighted by molar-refractivity contribution is 9.10. The lowest BCUT2D eigenvalue weighted by Crippen LogP contribution is -2.29. The van der Waals surface area contributed by atoms with Gasteiger partial charge in [0.05, 0.1) is 7.11 Å². The van der Waals surface area contributed by atoms with Crippen LogP contribution >= 0.6 is 15.9 Å². The van der Waals surface area contributed by atoms with Crippen LogP contribution in [-0.2, 0) is 15.1 Å². The summed E-state index contributed by atoms with van der Waals surface area (Å²) in [6.07, 6.45) is 3.41. The maximum Gasteiger partial charge on any atom is 0.333 e. The zero-order chi connectivity index (χ0) is 9.47. The lowest BCUT2D eigenvalue weighted by Gasteiger charge is -2.12. The second kappa shape index (κ2) is 2.83. The third kappa shape index (κ3) is 1.27. The zero-order valence-corrected chi connectivity index (χ0v) is 8.74. The fourth-order valence-corrected chi connectivity index (χ4v) is 1.66. The van der Waals surface area contributed by atoms with Crippen molar-refractivity contribution in [1.29, 1.82) is 0 Å². The summed E-state index contributed by atoms with van der Waals surface area (Å²) in [4.78, 5) is 11.4. The van der Waals surface area contributed by atoms with Crippen LogP contribution in [0.1, 0.15) is 12.8 Å². The van der Waals surface area contributed by atoms with E-state index < -0.39 is 5.54 Å². The molecule has 1 aliphatic rings. The van der Waals surface area contributed by atoms with Gasteiger partial charge in [-0.25, -0.2) is 4.79 Å². The molecular weight excluding hydrogens is 236 g/mol. The monoisotopic (exact) mass is 244 g/mol. The molecular formula is C8H9BrN2O2. The molecule has 4 nitrogen and oxygen atoms in total. The number of methoxy groups -OCH3 is 1. The molecule has 0 atom stereocenters. The van der Waals surface area contributed by atoms with Gasteiger partial charge in [-0.2, -0.15) is 5.10 Å². The predicted octanol–water partition coefficient (Wildman–Crippen LogP) is 1.31. The van der Waals surface area contributed by atoms with Crippen molar-refractivity contribution in [2.45, 2.75) is 18.4 Å². The fourth-order valence-electron chi connectivity index (χ4n) is 1.38. The Balaban J connectivity index is 2.30. The van der Waals surface area contributed by atoms with Crippen LogP contribution in [0.4, 0.5) is 0 Å². The SMILES string of the molecule is COC(=O)C1(n2ccc(Br)n2)CC1. The Bertz CT molecular complexity index is 344.